The number of nitro groups is 1. The molecule has 1 unspecified atom stereocenters. The standard InChI is InChI=1S/C11H13ClN4O3S/c12-11-13-5-7(20-11)6-14-3-4-15-9(17)2-1-8(10(14)15)16(18)19/h5,9,17H,1-4,6H2. The fourth-order valence-corrected chi connectivity index (χ4v) is 3.66. The lowest BCUT2D eigenvalue weighted by Crippen LogP contribution is -2.38. The third-order valence-corrected chi connectivity index (χ3v) is 4.63. The van der Waals surface area contributed by atoms with Gasteiger partial charge in [-0.05, 0) is 0 Å². The fraction of sp³-hybridized carbons (Fsp3) is 0.545. The molecule has 1 atom stereocenters. The quantitative estimate of drug-likeness (QED) is 0.671. The highest BCUT2D eigenvalue weighted by atomic mass is 35.5. The van der Waals surface area contributed by atoms with Crippen molar-refractivity contribution in [3.8, 4) is 0 Å². The molecule has 20 heavy (non-hydrogen) atoms. The van der Waals surface area contributed by atoms with Crippen LogP contribution in [0.2, 0.25) is 4.47 Å². The summed E-state index contributed by atoms with van der Waals surface area (Å²) in [6, 6.07) is 0. The van der Waals surface area contributed by atoms with Crippen LogP contribution in [-0.2, 0) is 6.54 Å². The molecule has 3 rings (SSSR count). The van der Waals surface area contributed by atoms with E-state index in [1.807, 2.05) is 4.90 Å². The zero-order valence-electron chi connectivity index (χ0n) is 10.5. The number of hydrogen-bond acceptors (Lipinski definition) is 7. The van der Waals surface area contributed by atoms with Gasteiger partial charge in [-0.1, -0.05) is 11.6 Å². The monoisotopic (exact) mass is 316 g/mol. The number of allylic oxidation sites excluding steroid dienone is 1. The van der Waals surface area contributed by atoms with Crippen molar-refractivity contribution < 1.29 is 10.0 Å². The average molecular weight is 317 g/mol. The third-order valence-electron chi connectivity index (χ3n) is 3.53. The lowest BCUT2D eigenvalue weighted by Gasteiger charge is -2.31. The lowest BCUT2D eigenvalue weighted by atomic mass is 10.1. The Morgan fingerprint density at radius 1 is 1.60 bits per heavy atom. The molecule has 0 bridgehead atoms. The number of hydrogen-bond donors (Lipinski definition) is 1. The Bertz CT molecular complexity index is 576. The van der Waals surface area contributed by atoms with Crippen LogP contribution in [0.3, 0.4) is 0 Å². The SMILES string of the molecule is O=[N+]([O-])C1=C2N(Cc3cnc(Cl)s3)CCN2C(O)CC1. The molecule has 7 nitrogen and oxygen atoms in total. The number of aliphatic hydroxyl groups is 1. The zero-order chi connectivity index (χ0) is 14.3. The van der Waals surface area contributed by atoms with E-state index in [0.717, 1.165) is 4.88 Å². The highest BCUT2D eigenvalue weighted by molar-refractivity contribution is 7.15. The van der Waals surface area contributed by atoms with E-state index in [-0.39, 0.29) is 10.6 Å². The summed E-state index contributed by atoms with van der Waals surface area (Å²) >= 11 is 7.17. The molecule has 108 valence electrons. The molecule has 2 aliphatic heterocycles. The molecule has 1 aromatic rings. The van der Waals surface area contributed by atoms with Gasteiger partial charge in [0.15, 0.2) is 10.3 Å². The number of aliphatic hydroxyl groups excluding tert-OH is 1. The van der Waals surface area contributed by atoms with Gasteiger partial charge in [0.1, 0.15) is 6.23 Å². The first-order valence-corrected chi connectivity index (χ1v) is 7.43. The molecule has 0 radical (unpaired) electrons. The number of thiazole rings is 1. The second-order valence-corrected chi connectivity index (χ2v) is 6.44. The molecule has 0 spiro atoms. The largest absolute Gasteiger partial charge is 0.374 e. The van der Waals surface area contributed by atoms with Crippen LogP contribution in [-0.4, -0.2) is 44.1 Å². The first-order chi connectivity index (χ1) is 9.56. The van der Waals surface area contributed by atoms with Crippen LogP contribution >= 0.6 is 22.9 Å². The number of fused-ring (bicyclic) bond motifs is 1. The van der Waals surface area contributed by atoms with Crippen molar-refractivity contribution in [2.45, 2.75) is 25.6 Å². The average Bonchev–Trinajstić information content (AvgIpc) is 2.98. The van der Waals surface area contributed by atoms with Gasteiger partial charge in [-0.2, -0.15) is 0 Å². The molecule has 3 heterocycles. The van der Waals surface area contributed by atoms with Gasteiger partial charge in [-0.15, -0.1) is 11.3 Å². The summed E-state index contributed by atoms with van der Waals surface area (Å²) < 4.78 is 0.461. The molecule has 9 heteroatoms. The maximum atomic E-state index is 11.2. The zero-order valence-corrected chi connectivity index (χ0v) is 12.1. The van der Waals surface area contributed by atoms with Gasteiger partial charge in [0, 0.05) is 37.0 Å². The maximum absolute atomic E-state index is 11.2. The lowest BCUT2D eigenvalue weighted by molar-refractivity contribution is -0.433. The summed E-state index contributed by atoms with van der Waals surface area (Å²) in [4.78, 5) is 19.4. The van der Waals surface area contributed by atoms with Crippen LogP contribution < -0.4 is 0 Å². The van der Waals surface area contributed by atoms with E-state index < -0.39 is 6.23 Å². The Kier molecular flexibility index (Phi) is 3.53. The highest BCUT2D eigenvalue weighted by Crippen LogP contribution is 2.34. The highest BCUT2D eigenvalue weighted by Gasteiger charge is 2.40. The van der Waals surface area contributed by atoms with Crippen LogP contribution in [0.25, 0.3) is 0 Å². The molecular weight excluding hydrogens is 304 g/mol. The van der Waals surface area contributed by atoms with E-state index in [1.54, 1.807) is 11.1 Å². The molecule has 2 aliphatic rings. The molecule has 1 saturated heterocycles. The number of aromatic nitrogens is 1. The van der Waals surface area contributed by atoms with Crippen LogP contribution in [0.5, 0.6) is 0 Å². The summed E-state index contributed by atoms with van der Waals surface area (Å²) in [5.74, 6) is 0.540. The molecule has 0 saturated carbocycles. The van der Waals surface area contributed by atoms with Gasteiger partial charge in [-0.3, -0.25) is 10.1 Å². The van der Waals surface area contributed by atoms with Crippen LogP contribution in [0.4, 0.5) is 0 Å². The second-order valence-electron chi connectivity index (χ2n) is 4.74. The van der Waals surface area contributed by atoms with Gasteiger partial charge < -0.3 is 14.9 Å². The van der Waals surface area contributed by atoms with Crippen molar-refractivity contribution >= 4 is 22.9 Å². The van der Waals surface area contributed by atoms with Crippen molar-refractivity contribution in [2.24, 2.45) is 0 Å². The van der Waals surface area contributed by atoms with E-state index in [9.17, 15) is 15.2 Å². The maximum Gasteiger partial charge on any atom is 0.286 e. The number of rotatable bonds is 3. The number of halogens is 1. The van der Waals surface area contributed by atoms with Crippen molar-refractivity contribution in [1.29, 1.82) is 0 Å². The second kappa shape index (κ2) is 5.19. The number of nitrogens with zero attached hydrogens (tertiary/aromatic N) is 4. The summed E-state index contributed by atoms with van der Waals surface area (Å²) in [7, 11) is 0. The smallest absolute Gasteiger partial charge is 0.286 e. The molecule has 0 amide bonds. The topological polar surface area (TPSA) is 82.7 Å². The Morgan fingerprint density at radius 3 is 3.05 bits per heavy atom. The van der Waals surface area contributed by atoms with Crippen LogP contribution in [0.15, 0.2) is 17.7 Å². The Hall–Kier alpha value is -1.38. The minimum absolute atomic E-state index is 0.184. The van der Waals surface area contributed by atoms with Crippen LogP contribution in [0.1, 0.15) is 17.7 Å². The van der Waals surface area contributed by atoms with E-state index in [4.69, 9.17) is 11.6 Å². The Labute approximate surface area is 124 Å². The fourth-order valence-electron chi connectivity index (χ4n) is 2.67. The predicted octanol–water partition coefficient (Wildman–Crippen LogP) is 1.47. The summed E-state index contributed by atoms with van der Waals surface area (Å²) in [5, 5.41) is 21.2. The molecule has 1 fully saturated rings. The van der Waals surface area contributed by atoms with E-state index in [1.165, 1.54) is 11.3 Å². The Balaban J connectivity index is 1.90. The molecule has 0 aliphatic carbocycles. The molecule has 1 aromatic heterocycles. The van der Waals surface area contributed by atoms with E-state index in [2.05, 4.69) is 4.98 Å². The van der Waals surface area contributed by atoms with Gasteiger partial charge in [0.25, 0.3) is 5.70 Å². The van der Waals surface area contributed by atoms with E-state index in [0.29, 0.717) is 42.8 Å². The van der Waals surface area contributed by atoms with Crippen molar-refractivity contribution in [2.75, 3.05) is 13.1 Å². The van der Waals surface area contributed by atoms with Gasteiger partial charge in [0.2, 0.25) is 0 Å². The van der Waals surface area contributed by atoms with Crippen molar-refractivity contribution in [1.82, 2.24) is 14.8 Å². The first-order valence-electron chi connectivity index (χ1n) is 6.23. The summed E-state index contributed by atoms with van der Waals surface area (Å²) in [6.45, 7) is 1.78. The summed E-state index contributed by atoms with van der Waals surface area (Å²) in [6.07, 6.45) is 1.74. The summed E-state index contributed by atoms with van der Waals surface area (Å²) in [5.41, 5.74) is 0.184. The third kappa shape index (κ3) is 2.34. The Morgan fingerprint density at radius 2 is 2.40 bits per heavy atom. The van der Waals surface area contributed by atoms with Gasteiger partial charge >= 0.3 is 0 Å². The van der Waals surface area contributed by atoms with Crippen molar-refractivity contribution in [3.63, 3.8) is 0 Å². The van der Waals surface area contributed by atoms with Crippen molar-refractivity contribution in [3.05, 3.63) is 37.2 Å². The molecular formula is C11H13ClN4O3S. The molecule has 1 N–H and O–H groups in total. The van der Waals surface area contributed by atoms with E-state index >= 15 is 0 Å². The molecule has 0 aromatic carbocycles. The predicted molar refractivity (Wildman–Crippen MR) is 73.5 cm³/mol. The van der Waals surface area contributed by atoms with Crippen LogP contribution in [0, 0.1) is 10.1 Å². The van der Waals surface area contributed by atoms with Gasteiger partial charge in [0.05, 0.1) is 11.5 Å². The normalized spacial score (nSPS) is 22.4. The minimum Gasteiger partial charge on any atom is -0.374 e. The van der Waals surface area contributed by atoms with Gasteiger partial charge in [-0.25, -0.2) is 4.98 Å². The minimum atomic E-state index is -0.635. The first kappa shape index (κ1) is 13.6.